The van der Waals surface area contributed by atoms with Gasteiger partial charge in [-0.2, -0.15) is 47.9 Å². The molecule has 33 heavy (non-hydrogen) atoms. The highest BCUT2D eigenvalue weighted by Crippen LogP contribution is 2.38. The van der Waals surface area contributed by atoms with E-state index in [4.69, 9.17) is 4.74 Å². The molecule has 1 heterocycles. The SMILES string of the molecule is COc1cc2c(CCNC(C)=O)cn(OS(=O)(=O)C(F)(F)F)c2cc1OS(=O)(=O)C(F)(F)F. The Bertz CT molecular complexity index is 1270. The number of rotatable bonds is 8. The minimum atomic E-state index is -6.23. The fourth-order valence-corrected chi connectivity index (χ4v) is 3.32. The molecule has 0 aliphatic rings. The van der Waals surface area contributed by atoms with Gasteiger partial charge in [0.05, 0.1) is 12.6 Å². The monoisotopic (exact) mass is 528 g/mol. The number of fused-ring (bicyclic) bond motifs is 1. The van der Waals surface area contributed by atoms with Crippen molar-refractivity contribution in [3.8, 4) is 11.5 Å². The van der Waals surface area contributed by atoms with Crippen LogP contribution >= 0.6 is 0 Å². The number of alkyl halides is 6. The predicted molar refractivity (Wildman–Crippen MR) is 98.0 cm³/mol. The molecule has 2 rings (SSSR count). The number of methoxy groups -OCH3 is 1. The molecule has 1 aromatic carbocycles. The van der Waals surface area contributed by atoms with Gasteiger partial charge in [-0.05, 0) is 18.1 Å². The van der Waals surface area contributed by atoms with Crippen LogP contribution in [-0.2, 0) is 31.5 Å². The number of halogens is 6. The third-order valence-electron chi connectivity index (χ3n) is 3.85. The van der Waals surface area contributed by atoms with Gasteiger partial charge >= 0.3 is 31.3 Å². The fraction of sp³-hybridized carbons (Fsp3) is 0.400. The van der Waals surface area contributed by atoms with E-state index in [1.54, 1.807) is 0 Å². The summed E-state index contributed by atoms with van der Waals surface area (Å²) in [6.07, 6.45) is 0.667. The first-order chi connectivity index (χ1) is 14.9. The van der Waals surface area contributed by atoms with E-state index in [2.05, 4.69) is 13.8 Å². The van der Waals surface area contributed by atoms with Crippen LogP contribution in [0.5, 0.6) is 11.5 Å². The van der Waals surface area contributed by atoms with Gasteiger partial charge in [-0.25, -0.2) is 0 Å². The van der Waals surface area contributed by atoms with E-state index < -0.39 is 54.2 Å². The lowest BCUT2D eigenvalue weighted by molar-refractivity contribution is -0.118. The molecule has 2 aromatic rings. The summed E-state index contributed by atoms with van der Waals surface area (Å²) in [5, 5.41) is 2.29. The Hall–Kier alpha value is -2.89. The van der Waals surface area contributed by atoms with Crippen LogP contribution in [0.25, 0.3) is 10.9 Å². The van der Waals surface area contributed by atoms with Gasteiger partial charge in [0.1, 0.15) is 0 Å². The minimum Gasteiger partial charge on any atom is -0.493 e. The molecule has 0 fully saturated rings. The van der Waals surface area contributed by atoms with Crippen LogP contribution in [0, 0.1) is 0 Å². The van der Waals surface area contributed by atoms with E-state index in [0.717, 1.165) is 19.4 Å². The molecular formula is C15H14F6N2O8S2. The number of ether oxygens (including phenoxy) is 1. The molecule has 0 radical (unpaired) electrons. The van der Waals surface area contributed by atoms with Gasteiger partial charge in [0.15, 0.2) is 11.5 Å². The van der Waals surface area contributed by atoms with Crippen LogP contribution in [0.3, 0.4) is 0 Å². The van der Waals surface area contributed by atoms with Gasteiger partial charge in [-0.3, -0.25) is 9.08 Å². The number of hydrogen-bond acceptors (Lipinski definition) is 8. The zero-order chi connectivity index (χ0) is 25.4. The van der Waals surface area contributed by atoms with Gasteiger partial charge in [0, 0.05) is 31.1 Å². The van der Waals surface area contributed by atoms with Gasteiger partial charge in [-0.15, -0.1) is 0 Å². The lowest BCUT2D eigenvalue weighted by atomic mass is 10.1. The molecule has 0 unspecified atom stereocenters. The molecule has 186 valence electrons. The van der Waals surface area contributed by atoms with Crippen LogP contribution in [0.15, 0.2) is 18.3 Å². The lowest BCUT2D eigenvalue weighted by Crippen LogP contribution is -2.32. The first-order valence-electron chi connectivity index (χ1n) is 8.38. The lowest BCUT2D eigenvalue weighted by Gasteiger charge is -2.14. The van der Waals surface area contributed by atoms with E-state index in [0.29, 0.717) is 6.07 Å². The second-order valence-corrected chi connectivity index (χ2v) is 9.25. The van der Waals surface area contributed by atoms with E-state index in [1.807, 2.05) is 0 Å². The molecule has 0 aliphatic heterocycles. The molecule has 10 nitrogen and oxygen atoms in total. The molecule has 1 N–H and O–H groups in total. The van der Waals surface area contributed by atoms with Crippen molar-refractivity contribution in [2.24, 2.45) is 0 Å². The van der Waals surface area contributed by atoms with Gasteiger partial charge in [0.25, 0.3) is 0 Å². The third kappa shape index (κ3) is 5.73. The Morgan fingerprint density at radius 2 is 1.58 bits per heavy atom. The normalized spacial score (nSPS) is 13.1. The zero-order valence-corrected chi connectivity index (χ0v) is 18.1. The van der Waals surface area contributed by atoms with Gasteiger partial charge < -0.3 is 14.2 Å². The van der Waals surface area contributed by atoms with Gasteiger partial charge in [-0.1, -0.05) is 0 Å². The Kier molecular flexibility index (Phi) is 7.03. The van der Waals surface area contributed by atoms with Crippen molar-refractivity contribution < 1.29 is 61.2 Å². The molecule has 0 saturated heterocycles. The molecule has 0 atom stereocenters. The van der Waals surface area contributed by atoms with E-state index in [1.165, 1.54) is 6.92 Å². The first kappa shape index (κ1) is 26.4. The summed E-state index contributed by atoms with van der Waals surface area (Å²) >= 11 is 0. The Morgan fingerprint density at radius 1 is 1.00 bits per heavy atom. The van der Waals surface area contributed by atoms with Crippen molar-refractivity contribution in [3.05, 3.63) is 23.9 Å². The molecule has 0 saturated carbocycles. The van der Waals surface area contributed by atoms with E-state index in [9.17, 15) is 48.0 Å². The summed E-state index contributed by atoms with van der Waals surface area (Å²) in [4.78, 5) is 11.0. The standard InChI is InChI=1S/C15H14F6N2O8S2/c1-8(24)22-4-3-9-7-23(31-33(27,28)15(19,20)21)11-6-13(12(29-2)5-10(9)11)30-32(25,26)14(16,17)18/h5-7H,3-4H2,1-2H3,(H,22,24). The van der Waals surface area contributed by atoms with Crippen molar-refractivity contribution in [3.63, 3.8) is 0 Å². The van der Waals surface area contributed by atoms with Crippen LogP contribution in [0.2, 0.25) is 0 Å². The van der Waals surface area contributed by atoms with Crippen molar-refractivity contribution in [1.29, 1.82) is 0 Å². The maximum Gasteiger partial charge on any atom is 0.536 e. The number of carbonyl (C=O) groups is 1. The zero-order valence-electron chi connectivity index (χ0n) is 16.4. The van der Waals surface area contributed by atoms with Crippen molar-refractivity contribution in [1.82, 2.24) is 10.0 Å². The predicted octanol–water partition coefficient (Wildman–Crippen LogP) is 1.84. The number of amides is 1. The summed E-state index contributed by atoms with van der Waals surface area (Å²) in [6, 6.07) is 1.39. The average Bonchev–Trinajstić information content (AvgIpc) is 2.94. The molecule has 0 bridgehead atoms. The highest BCUT2D eigenvalue weighted by molar-refractivity contribution is 7.88. The number of hydrogen-bond donors (Lipinski definition) is 1. The summed E-state index contributed by atoms with van der Waals surface area (Å²) in [7, 11) is -11.5. The number of aromatic nitrogens is 1. The molecule has 0 spiro atoms. The van der Waals surface area contributed by atoms with E-state index in [-0.39, 0.29) is 28.6 Å². The number of benzene rings is 1. The van der Waals surface area contributed by atoms with E-state index >= 15 is 0 Å². The molecule has 0 aliphatic carbocycles. The van der Waals surface area contributed by atoms with Gasteiger partial charge in [0.2, 0.25) is 5.91 Å². The Morgan fingerprint density at radius 3 is 2.06 bits per heavy atom. The fourth-order valence-electron chi connectivity index (χ4n) is 2.44. The smallest absolute Gasteiger partial charge is 0.493 e. The van der Waals surface area contributed by atoms with Crippen molar-refractivity contribution in [2.45, 2.75) is 24.4 Å². The number of carbonyl (C=O) groups excluding carboxylic acids is 1. The van der Waals surface area contributed by atoms with Crippen molar-refractivity contribution in [2.75, 3.05) is 13.7 Å². The minimum absolute atomic E-state index is 0.0633. The quantitative estimate of drug-likeness (QED) is 0.312. The average molecular weight is 528 g/mol. The van der Waals surface area contributed by atoms with Crippen molar-refractivity contribution >= 4 is 37.0 Å². The molecule has 1 amide bonds. The Labute approximate surface area is 182 Å². The highest BCUT2D eigenvalue weighted by atomic mass is 32.2. The maximum atomic E-state index is 12.7. The van der Waals surface area contributed by atoms with Crippen LogP contribution in [0.1, 0.15) is 12.5 Å². The van der Waals surface area contributed by atoms with Crippen LogP contribution in [0.4, 0.5) is 26.3 Å². The highest BCUT2D eigenvalue weighted by Gasteiger charge is 2.50. The summed E-state index contributed by atoms with van der Waals surface area (Å²) in [6.45, 7) is 1.11. The maximum absolute atomic E-state index is 12.7. The first-order valence-corrected chi connectivity index (χ1v) is 11.2. The largest absolute Gasteiger partial charge is 0.536 e. The molecule has 1 aromatic heterocycles. The topological polar surface area (TPSA) is 130 Å². The summed E-state index contributed by atoms with van der Waals surface area (Å²) in [5.41, 5.74) is -12.2. The summed E-state index contributed by atoms with van der Waals surface area (Å²) in [5.74, 6) is -2.14. The van der Waals surface area contributed by atoms with Crippen LogP contribution in [-0.4, -0.2) is 52.1 Å². The second-order valence-electron chi connectivity index (χ2n) is 6.19. The number of nitrogens with zero attached hydrogens (tertiary/aromatic N) is 1. The molecule has 18 heteroatoms. The molecular weight excluding hydrogens is 514 g/mol. The Balaban J connectivity index is 2.69. The second kappa shape index (κ2) is 8.81. The number of nitrogens with one attached hydrogen (secondary N) is 1. The summed E-state index contributed by atoms with van der Waals surface area (Å²) < 4.78 is 135. The third-order valence-corrected chi connectivity index (χ3v) is 5.74. The van der Waals surface area contributed by atoms with Crippen LogP contribution < -0.4 is 18.5 Å².